The number of hydrogen-bond donors (Lipinski definition) is 0. The van der Waals surface area contributed by atoms with E-state index < -0.39 is 0 Å². The molecular formula is C49H96N2O5. The zero-order chi connectivity index (χ0) is 41.3. The second-order valence-electron chi connectivity index (χ2n) is 17.2. The maximum Gasteiger partial charge on any atom is 0.305 e. The van der Waals surface area contributed by atoms with Crippen molar-refractivity contribution >= 4 is 17.8 Å². The number of hydrogen-bond acceptors (Lipinski definition) is 6. The minimum Gasteiger partial charge on any atom is -0.465 e. The lowest BCUT2D eigenvalue weighted by Crippen LogP contribution is -2.32. The lowest BCUT2D eigenvalue weighted by atomic mass is 9.95. The standard InChI is InChI=1S/C49H96N2O5/c1-7-12-17-20-26-36-47(52)50(6)39-31-42-51(40-29-21-27-37-48(53)55-43-45(32-16-11-5)34-24-18-13-8-2)41-30-22-28-38-49(54)56-44-46(33-23-15-10-4)35-25-19-14-9-3/h45-46H,7-44H2,1-6H3. The lowest BCUT2D eigenvalue weighted by molar-refractivity contribution is -0.146. The molecule has 0 fully saturated rings. The Labute approximate surface area is 348 Å². The van der Waals surface area contributed by atoms with Gasteiger partial charge in [-0.05, 0) is 95.7 Å². The third-order valence-electron chi connectivity index (χ3n) is 11.7. The average Bonchev–Trinajstić information content (AvgIpc) is 3.19. The molecule has 0 aromatic heterocycles. The minimum atomic E-state index is -0.0347. The van der Waals surface area contributed by atoms with Gasteiger partial charge in [0.15, 0.2) is 0 Å². The molecule has 2 atom stereocenters. The Balaban J connectivity index is 4.75. The van der Waals surface area contributed by atoms with Crippen LogP contribution in [-0.2, 0) is 23.9 Å². The van der Waals surface area contributed by atoms with Gasteiger partial charge in [0.1, 0.15) is 0 Å². The van der Waals surface area contributed by atoms with Crippen LogP contribution in [0.4, 0.5) is 0 Å². The van der Waals surface area contributed by atoms with Crippen molar-refractivity contribution < 1.29 is 23.9 Å². The van der Waals surface area contributed by atoms with Crippen LogP contribution in [0.5, 0.6) is 0 Å². The van der Waals surface area contributed by atoms with Gasteiger partial charge in [0.05, 0.1) is 13.2 Å². The molecule has 0 radical (unpaired) electrons. The van der Waals surface area contributed by atoms with E-state index in [1.807, 2.05) is 11.9 Å². The minimum absolute atomic E-state index is 0.0315. The Hall–Kier alpha value is -1.63. The van der Waals surface area contributed by atoms with Crippen LogP contribution in [0.25, 0.3) is 0 Å². The highest BCUT2D eigenvalue weighted by Crippen LogP contribution is 2.20. The van der Waals surface area contributed by atoms with Gasteiger partial charge in [-0.25, -0.2) is 0 Å². The summed E-state index contributed by atoms with van der Waals surface area (Å²) in [4.78, 5) is 42.4. The molecule has 56 heavy (non-hydrogen) atoms. The molecule has 0 saturated carbocycles. The first-order chi connectivity index (χ1) is 27.3. The molecule has 332 valence electrons. The number of ether oxygens (including phenoxy) is 2. The van der Waals surface area contributed by atoms with Crippen molar-refractivity contribution in [1.29, 1.82) is 0 Å². The van der Waals surface area contributed by atoms with Crippen molar-refractivity contribution in [3.8, 4) is 0 Å². The first kappa shape index (κ1) is 54.4. The summed E-state index contributed by atoms with van der Waals surface area (Å²) in [6, 6.07) is 0. The highest BCUT2D eigenvalue weighted by atomic mass is 16.5. The van der Waals surface area contributed by atoms with Gasteiger partial charge < -0.3 is 19.3 Å². The molecule has 7 nitrogen and oxygen atoms in total. The zero-order valence-electron chi connectivity index (χ0n) is 38.5. The predicted octanol–water partition coefficient (Wildman–Crippen LogP) is 13.6. The summed E-state index contributed by atoms with van der Waals surface area (Å²) in [5.41, 5.74) is 0. The van der Waals surface area contributed by atoms with E-state index in [9.17, 15) is 14.4 Å². The Morgan fingerprint density at radius 2 is 0.750 bits per heavy atom. The normalized spacial score (nSPS) is 12.6. The highest BCUT2D eigenvalue weighted by molar-refractivity contribution is 5.75. The second kappa shape index (κ2) is 41.5. The zero-order valence-corrected chi connectivity index (χ0v) is 38.5. The topological polar surface area (TPSA) is 76.2 Å². The van der Waals surface area contributed by atoms with E-state index in [-0.39, 0.29) is 17.8 Å². The molecule has 0 N–H and O–H groups in total. The van der Waals surface area contributed by atoms with Crippen LogP contribution >= 0.6 is 0 Å². The second-order valence-corrected chi connectivity index (χ2v) is 17.2. The van der Waals surface area contributed by atoms with Crippen LogP contribution < -0.4 is 0 Å². The van der Waals surface area contributed by atoms with Gasteiger partial charge in [-0.1, -0.05) is 157 Å². The first-order valence-electron chi connectivity index (χ1n) is 24.6. The van der Waals surface area contributed by atoms with Crippen LogP contribution in [0.3, 0.4) is 0 Å². The fourth-order valence-corrected chi connectivity index (χ4v) is 7.71. The highest BCUT2D eigenvalue weighted by Gasteiger charge is 2.15. The van der Waals surface area contributed by atoms with Crippen molar-refractivity contribution in [2.75, 3.05) is 46.4 Å². The van der Waals surface area contributed by atoms with Crippen LogP contribution in [0.1, 0.15) is 240 Å². The summed E-state index contributed by atoms with van der Waals surface area (Å²) in [7, 11) is 1.95. The molecule has 1 amide bonds. The summed E-state index contributed by atoms with van der Waals surface area (Å²) in [6.45, 7) is 16.1. The number of carbonyl (C=O) groups excluding carboxylic acids is 3. The summed E-state index contributed by atoms with van der Waals surface area (Å²) >= 11 is 0. The maximum atomic E-state index is 12.7. The monoisotopic (exact) mass is 793 g/mol. The summed E-state index contributed by atoms with van der Waals surface area (Å²) < 4.78 is 11.6. The van der Waals surface area contributed by atoms with Gasteiger partial charge >= 0.3 is 11.9 Å². The number of unbranched alkanes of at least 4 members (excludes halogenated alkanes) is 17. The van der Waals surface area contributed by atoms with Crippen LogP contribution in [-0.4, -0.2) is 74.1 Å². The Kier molecular flexibility index (Phi) is 40.3. The lowest BCUT2D eigenvalue weighted by Gasteiger charge is -2.24. The average molecular weight is 793 g/mol. The summed E-state index contributed by atoms with van der Waals surface area (Å²) in [5, 5.41) is 0. The van der Waals surface area contributed by atoms with E-state index >= 15 is 0 Å². The quantitative estimate of drug-likeness (QED) is 0.0452. The van der Waals surface area contributed by atoms with E-state index in [2.05, 4.69) is 39.5 Å². The number of nitrogens with zero attached hydrogens (tertiary/aromatic N) is 2. The summed E-state index contributed by atoms with van der Waals surface area (Å²) in [5.74, 6) is 1.22. The SMILES string of the molecule is CCCCCCCC(=O)N(C)CCCN(CCCCCC(=O)OCC(CCCC)CCCCCC)CCCCCC(=O)OCC(CCCCC)CCCCCC. The number of amides is 1. The number of esters is 2. The van der Waals surface area contributed by atoms with Gasteiger partial charge in [0.25, 0.3) is 0 Å². The molecule has 2 unspecified atom stereocenters. The van der Waals surface area contributed by atoms with E-state index in [0.717, 1.165) is 90.4 Å². The van der Waals surface area contributed by atoms with Crippen molar-refractivity contribution in [3.63, 3.8) is 0 Å². The van der Waals surface area contributed by atoms with Crippen molar-refractivity contribution in [3.05, 3.63) is 0 Å². The molecule has 0 saturated heterocycles. The van der Waals surface area contributed by atoms with Crippen molar-refractivity contribution in [2.45, 2.75) is 240 Å². The molecule has 0 aromatic carbocycles. The van der Waals surface area contributed by atoms with Gasteiger partial charge in [-0.15, -0.1) is 0 Å². The Morgan fingerprint density at radius 1 is 0.393 bits per heavy atom. The van der Waals surface area contributed by atoms with E-state index in [0.29, 0.717) is 44.3 Å². The van der Waals surface area contributed by atoms with Crippen LogP contribution in [0.15, 0.2) is 0 Å². The molecule has 0 aliphatic carbocycles. The molecule has 7 heteroatoms. The molecule has 0 rings (SSSR count). The van der Waals surface area contributed by atoms with E-state index in [1.165, 1.54) is 122 Å². The van der Waals surface area contributed by atoms with Crippen LogP contribution in [0.2, 0.25) is 0 Å². The molecule has 0 aliphatic heterocycles. The Bertz CT molecular complexity index is 883. The summed E-state index contributed by atoms with van der Waals surface area (Å²) in [6.07, 6.45) is 35.4. The van der Waals surface area contributed by atoms with Gasteiger partial charge in [0.2, 0.25) is 5.91 Å². The van der Waals surface area contributed by atoms with Gasteiger partial charge in [-0.2, -0.15) is 0 Å². The molecule has 0 spiro atoms. The smallest absolute Gasteiger partial charge is 0.305 e. The fraction of sp³-hybridized carbons (Fsp3) is 0.939. The maximum absolute atomic E-state index is 12.7. The van der Waals surface area contributed by atoms with Gasteiger partial charge in [0, 0.05) is 32.9 Å². The van der Waals surface area contributed by atoms with Crippen LogP contribution in [0, 0.1) is 11.8 Å². The third-order valence-corrected chi connectivity index (χ3v) is 11.7. The van der Waals surface area contributed by atoms with Crippen molar-refractivity contribution in [1.82, 2.24) is 9.80 Å². The van der Waals surface area contributed by atoms with Gasteiger partial charge in [-0.3, -0.25) is 14.4 Å². The van der Waals surface area contributed by atoms with E-state index in [1.54, 1.807) is 0 Å². The first-order valence-corrected chi connectivity index (χ1v) is 24.6. The number of rotatable bonds is 43. The third kappa shape index (κ3) is 35.5. The van der Waals surface area contributed by atoms with E-state index in [4.69, 9.17) is 9.47 Å². The molecule has 0 aliphatic rings. The largest absolute Gasteiger partial charge is 0.465 e. The van der Waals surface area contributed by atoms with Crippen molar-refractivity contribution in [2.24, 2.45) is 11.8 Å². The molecule has 0 aromatic rings. The molecule has 0 heterocycles. The Morgan fingerprint density at radius 3 is 1.23 bits per heavy atom. The molecule has 0 bridgehead atoms. The predicted molar refractivity (Wildman–Crippen MR) is 239 cm³/mol. The molecular weight excluding hydrogens is 697 g/mol. The fourth-order valence-electron chi connectivity index (χ4n) is 7.71. The number of carbonyl (C=O) groups is 3.